The summed E-state index contributed by atoms with van der Waals surface area (Å²) in [5.74, 6) is 0.582. The molecule has 8 nitrogen and oxygen atoms in total. The molecule has 1 aliphatic rings. The molecule has 0 radical (unpaired) electrons. The Morgan fingerprint density at radius 1 is 1.24 bits per heavy atom. The number of aromatic nitrogens is 4. The topological polar surface area (TPSA) is 87.2 Å². The maximum Gasteiger partial charge on any atom is 0.254 e. The Bertz CT molecular complexity index is 973. The van der Waals surface area contributed by atoms with Crippen molar-refractivity contribution in [3.63, 3.8) is 0 Å². The first kappa shape index (κ1) is 19.2. The van der Waals surface area contributed by atoms with Gasteiger partial charge in [-0.2, -0.15) is 5.21 Å². The molecule has 2 aromatic carbocycles. The lowest BCUT2D eigenvalue weighted by molar-refractivity contribution is -0.0228. The van der Waals surface area contributed by atoms with Crippen LogP contribution in [0.25, 0.3) is 11.4 Å². The number of ether oxygens (including phenoxy) is 1. The highest BCUT2D eigenvalue weighted by atomic mass is 16.5. The summed E-state index contributed by atoms with van der Waals surface area (Å²) in [4.78, 5) is 17.2. The van der Waals surface area contributed by atoms with E-state index in [1.807, 2.05) is 67.5 Å². The smallest absolute Gasteiger partial charge is 0.254 e. The van der Waals surface area contributed by atoms with Gasteiger partial charge in [-0.15, -0.1) is 10.2 Å². The first-order valence-electron chi connectivity index (χ1n) is 9.59. The van der Waals surface area contributed by atoms with E-state index in [2.05, 4.69) is 25.5 Å². The Morgan fingerprint density at radius 3 is 2.90 bits per heavy atom. The summed E-state index contributed by atoms with van der Waals surface area (Å²) in [5.41, 5.74) is 3.64. The normalized spacial score (nSPS) is 16.9. The molecule has 0 bridgehead atoms. The van der Waals surface area contributed by atoms with Crippen LogP contribution in [0.15, 0.2) is 48.5 Å². The fourth-order valence-electron chi connectivity index (χ4n) is 3.58. The Morgan fingerprint density at radius 2 is 2.10 bits per heavy atom. The van der Waals surface area contributed by atoms with Gasteiger partial charge < -0.3 is 14.5 Å². The number of carbonyl (C=O) groups is 1. The minimum absolute atomic E-state index is 0.0464. The van der Waals surface area contributed by atoms with E-state index in [1.54, 1.807) is 0 Å². The van der Waals surface area contributed by atoms with E-state index >= 15 is 0 Å². The maximum absolute atomic E-state index is 13.3. The molecule has 150 valence electrons. The van der Waals surface area contributed by atoms with Crippen molar-refractivity contribution in [1.82, 2.24) is 30.4 Å². The lowest BCUT2D eigenvalue weighted by Crippen LogP contribution is -2.42. The number of aromatic amines is 1. The molecule has 4 rings (SSSR count). The summed E-state index contributed by atoms with van der Waals surface area (Å²) in [7, 11) is 4.01. The van der Waals surface area contributed by atoms with Gasteiger partial charge in [0.1, 0.15) is 6.10 Å². The largest absolute Gasteiger partial charge is 0.370 e. The standard InChI is InChI=1S/C21H24N6O2/c1-26(2)13-17-6-3-4-9-18(17)21(28)27-10-11-29-19(14-27)15-7-5-8-16(12-15)20-22-24-25-23-20/h3-9,12,19H,10-11,13-14H2,1-2H3,(H,22,23,24,25). The lowest BCUT2D eigenvalue weighted by Gasteiger charge is -2.34. The van der Waals surface area contributed by atoms with Crippen molar-refractivity contribution in [3.05, 3.63) is 65.2 Å². The minimum Gasteiger partial charge on any atom is -0.370 e. The van der Waals surface area contributed by atoms with Crippen LogP contribution in [0.4, 0.5) is 0 Å². The maximum atomic E-state index is 13.3. The van der Waals surface area contributed by atoms with Crippen LogP contribution in [0.3, 0.4) is 0 Å². The SMILES string of the molecule is CN(C)Cc1ccccc1C(=O)N1CCOC(c2cccc(-c3nn[nH]n3)c2)C1. The molecule has 1 fully saturated rings. The van der Waals surface area contributed by atoms with Crippen LogP contribution in [-0.2, 0) is 11.3 Å². The number of rotatable bonds is 5. The summed E-state index contributed by atoms with van der Waals surface area (Å²) in [6.07, 6.45) is -0.194. The first-order valence-corrected chi connectivity index (χ1v) is 9.59. The molecule has 2 heterocycles. The van der Waals surface area contributed by atoms with Gasteiger partial charge in [0.05, 0.1) is 13.2 Å². The second kappa shape index (κ2) is 8.50. The van der Waals surface area contributed by atoms with E-state index < -0.39 is 0 Å². The van der Waals surface area contributed by atoms with Crippen LogP contribution < -0.4 is 0 Å². The van der Waals surface area contributed by atoms with Gasteiger partial charge in [0.25, 0.3) is 5.91 Å². The number of morpholine rings is 1. The van der Waals surface area contributed by atoms with Crippen LogP contribution in [0.1, 0.15) is 27.6 Å². The third-order valence-electron chi connectivity index (χ3n) is 4.95. The number of hydrogen-bond donors (Lipinski definition) is 1. The number of nitrogens with zero attached hydrogens (tertiary/aromatic N) is 5. The molecule has 1 atom stereocenters. The predicted molar refractivity (Wildman–Crippen MR) is 108 cm³/mol. The Balaban J connectivity index is 1.54. The zero-order valence-electron chi connectivity index (χ0n) is 16.6. The highest BCUT2D eigenvalue weighted by Gasteiger charge is 2.27. The first-order chi connectivity index (χ1) is 14.1. The zero-order valence-corrected chi connectivity index (χ0v) is 16.6. The van der Waals surface area contributed by atoms with Crippen molar-refractivity contribution >= 4 is 5.91 Å². The summed E-state index contributed by atoms with van der Waals surface area (Å²) in [5, 5.41) is 14.1. The fourth-order valence-corrected chi connectivity index (χ4v) is 3.58. The summed E-state index contributed by atoms with van der Waals surface area (Å²) in [6, 6.07) is 15.7. The molecule has 1 aromatic heterocycles. The number of benzene rings is 2. The lowest BCUT2D eigenvalue weighted by atomic mass is 10.0. The highest BCUT2D eigenvalue weighted by Crippen LogP contribution is 2.27. The van der Waals surface area contributed by atoms with Gasteiger partial charge in [0, 0.05) is 24.2 Å². The van der Waals surface area contributed by atoms with Crippen LogP contribution in [-0.4, -0.2) is 70.1 Å². The molecule has 3 aromatic rings. The third-order valence-corrected chi connectivity index (χ3v) is 4.95. The number of H-pyrrole nitrogens is 1. The van der Waals surface area contributed by atoms with Gasteiger partial charge in [-0.1, -0.05) is 36.4 Å². The van der Waals surface area contributed by atoms with Crippen molar-refractivity contribution in [2.75, 3.05) is 33.8 Å². The second-order valence-electron chi connectivity index (χ2n) is 7.37. The molecule has 0 spiro atoms. The predicted octanol–water partition coefficient (Wildman–Crippen LogP) is 2.14. The summed E-state index contributed by atoms with van der Waals surface area (Å²) >= 11 is 0. The van der Waals surface area contributed by atoms with E-state index in [0.717, 1.165) is 28.8 Å². The Labute approximate surface area is 169 Å². The Hall–Kier alpha value is -3.10. The molecule has 1 N–H and O–H groups in total. The molecule has 0 saturated carbocycles. The van der Waals surface area contributed by atoms with Crippen molar-refractivity contribution in [2.45, 2.75) is 12.6 Å². The number of hydrogen-bond acceptors (Lipinski definition) is 6. The summed E-state index contributed by atoms with van der Waals surface area (Å²) in [6.45, 7) is 2.31. The molecule has 0 aliphatic carbocycles. The van der Waals surface area contributed by atoms with Gasteiger partial charge >= 0.3 is 0 Å². The number of carbonyl (C=O) groups excluding carboxylic acids is 1. The fraction of sp³-hybridized carbons (Fsp3) is 0.333. The molecule has 1 unspecified atom stereocenters. The second-order valence-corrected chi connectivity index (χ2v) is 7.37. The zero-order chi connectivity index (χ0) is 20.2. The molecule has 1 saturated heterocycles. The molecule has 1 amide bonds. The van der Waals surface area contributed by atoms with Gasteiger partial charge in [-0.3, -0.25) is 4.79 Å². The minimum atomic E-state index is -0.194. The quantitative estimate of drug-likeness (QED) is 0.716. The monoisotopic (exact) mass is 392 g/mol. The average Bonchev–Trinajstić information content (AvgIpc) is 3.28. The van der Waals surface area contributed by atoms with Crippen molar-refractivity contribution < 1.29 is 9.53 Å². The van der Waals surface area contributed by atoms with Gasteiger partial charge in [0.2, 0.25) is 5.82 Å². The van der Waals surface area contributed by atoms with Crippen LogP contribution >= 0.6 is 0 Å². The Kier molecular flexibility index (Phi) is 5.64. The van der Waals surface area contributed by atoms with Crippen molar-refractivity contribution in [1.29, 1.82) is 0 Å². The molecule has 29 heavy (non-hydrogen) atoms. The molecule has 1 aliphatic heterocycles. The number of nitrogens with one attached hydrogen (secondary N) is 1. The van der Waals surface area contributed by atoms with E-state index in [0.29, 0.717) is 25.5 Å². The third kappa shape index (κ3) is 4.33. The average molecular weight is 392 g/mol. The van der Waals surface area contributed by atoms with Crippen LogP contribution in [0, 0.1) is 0 Å². The van der Waals surface area contributed by atoms with E-state index in [-0.39, 0.29) is 12.0 Å². The van der Waals surface area contributed by atoms with E-state index in [1.165, 1.54) is 0 Å². The van der Waals surface area contributed by atoms with Crippen LogP contribution in [0.5, 0.6) is 0 Å². The number of tetrazole rings is 1. The summed E-state index contributed by atoms with van der Waals surface area (Å²) < 4.78 is 5.98. The molecular formula is C21H24N6O2. The van der Waals surface area contributed by atoms with Crippen molar-refractivity contribution in [2.24, 2.45) is 0 Å². The van der Waals surface area contributed by atoms with E-state index in [9.17, 15) is 4.79 Å². The van der Waals surface area contributed by atoms with Gasteiger partial charge in [-0.25, -0.2) is 0 Å². The number of amides is 1. The molecular weight excluding hydrogens is 368 g/mol. The van der Waals surface area contributed by atoms with Gasteiger partial charge in [-0.05, 0) is 42.6 Å². The van der Waals surface area contributed by atoms with Gasteiger partial charge in [0.15, 0.2) is 0 Å². The van der Waals surface area contributed by atoms with Crippen molar-refractivity contribution in [3.8, 4) is 11.4 Å². The van der Waals surface area contributed by atoms with Crippen LogP contribution in [0.2, 0.25) is 0 Å². The molecule has 8 heteroatoms. The van der Waals surface area contributed by atoms with E-state index in [4.69, 9.17) is 4.74 Å². The highest BCUT2D eigenvalue weighted by molar-refractivity contribution is 5.95.